The molecular weight excluding hydrogens is 402 g/mol. The maximum atomic E-state index is 12.8. The molecule has 0 atom stereocenters. The first-order valence-corrected chi connectivity index (χ1v) is 12.4. The van der Waals surface area contributed by atoms with Gasteiger partial charge >= 0.3 is 0 Å². The average Bonchev–Trinajstić information content (AvgIpc) is 3.10. The first-order valence-electron chi connectivity index (χ1n) is 11.5. The lowest BCUT2D eigenvalue weighted by molar-refractivity contribution is 0.103. The van der Waals surface area contributed by atoms with E-state index in [1.807, 2.05) is 30.3 Å². The zero-order valence-electron chi connectivity index (χ0n) is 18.5. The summed E-state index contributed by atoms with van der Waals surface area (Å²) in [6, 6.07) is 18.4. The van der Waals surface area contributed by atoms with Crippen LogP contribution in [0.25, 0.3) is 10.1 Å². The molecule has 0 bridgehead atoms. The third-order valence-corrected chi connectivity index (χ3v) is 7.11. The van der Waals surface area contributed by atoms with Gasteiger partial charge in [-0.25, -0.2) is 0 Å². The molecule has 0 aliphatic carbocycles. The quantitative estimate of drug-likeness (QED) is 0.451. The van der Waals surface area contributed by atoms with Crippen LogP contribution in [0.1, 0.15) is 47.8 Å². The molecule has 1 saturated heterocycles. The number of benzene rings is 2. The lowest BCUT2D eigenvalue weighted by Gasteiger charge is -2.22. The molecule has 1 aliphatic heterocycles. The molecule has 4 rings (SSSR count). The van der Waals surface area contributed by atoms with Crippen molar-refractivity contribution in [3.8, 4) is 0 Å². The number of nitrogens with one attached hydrogen (secondary N) is 1. The normalized spacial score (nSPS) is 15.8. The van der Waals surface area contributed by atoms with Crippen molar-refractivity contribution in [3.05, 3.63) is 65.0 Å². The van der Waals surface area contributed by atoms with E-state index < -0.39 is 0 Å². The highest BCUT2D eigenvalue weighted by atomic mass is 32.1. The molecular formula is C26H33N3OS. The Morgan fingerprint density at radius 2 is 1.81 bits per heavy atom. The number of fused-ring (bicyclic) bond motifs is 1. The average molecular weight is 436 g/mol. The summed E-state index contributed by atoms with van der Waals surface area (Å²) in [6.45, 7) is 9.07. The molecule has 1 aromatic heterocycles. The van der Waals surface area contributed by atoms with E-state index in [1.165, 1.54) is 44.3 Å². The van der Waals surface area contributed by atoms with Gasteiger partial charge in [0.15, 0.2) is 0 Å². The summed E-state index contributed by atoms with van der Waals surface area (Å²) in [5.41, 5.74) is 2.13. The van der Waals surface area contributed by atoms with E-state index in [2.05, 4.69) is 46.3 Å². The SMILES string of the molecule is CCCCCN1CCCN(Cc2cccc(NC(=O)c3cc4ccccc4s3)c2)CC1. The van der Waals surface area contributed by atoms with Crippen molar-refractivity contribution < 1.29 is 4.79 Å². The zero-order valence-corrected chi connectivity index (χ0v) is 19.3. The van der Waals surface area contributed by atoms with Crippen molar-refractivity contribution in [1.29, 1.82) is 0 Å². The number of thiophene rings is 1. The Balaban J connectivity index is 1.33. The molecule has 2 aromatic carbocycles. The van der Waals surface area contributed by atoms with Gasteiger partial charge in [-0.1, -0.05) is 50.1 Å². The van der Waals surface area contributed by atoms with E-state index >= 15 is 0 Å². The largest absolute Gasteiger partial charge is 0.321 e. The Hall–Kier alpha value is -2.21. The van der Waals surface area contributed by atoms with Crippen molar-refractivity contribution in [2.75, 3.05) is 38.0 Å². The van der Waals surface area contributed by atoms with E-state index in [0.29, 0.717) is 0 Å². The van der Waals surface area contributed by atoms with Gasteiger partial charge in [0.05, 0.1) is 4.88 Å². The molecule has 1 aliphatic rings. The molecule has 1 fully saturated rings. The van der Waals surface area contributed by atoms with Gasteiger partial charge in [0.1, 0.15) is 0 Å². The Labute approximate surface area is 189 Å². The number of unbranched alkanes of at least 4 members (excludes halogenated alkanes) is 2. The van der Waals surface area contributed by atoms with Crippen LogP contribution in [0, 0.1) is 0 Å². The highest BCUT2D eigenvalue weighted by Gasteiger charge is 2.15. The van der Waals surface area contributed by atoms with Crippen LogP contribution in [0.4, 0.5) is 5.69 Å². The molecule has 31 heavy (non-hydrogen) atoms. The molecule has 3 aromatic rings. The number of amides is 1. The number of hydrogen-bond donors (Lipinski definition) is 1. The molecule has 4 nitrogen and oxygen atoms in total. The fraction of sp³-hybridized carbons (Fsp3) is 0.423. The molecule has 0 radical (unpaired) electrons. The maximum Gasteiger partial charge on any atom is 0.265 e. The van der Waals surface area contributed by atoms with Crippen molar-refractivity contribution in [3.63, 3.8) is 0 Å². The minimum atomic E-state index is -0.0316. The van der Waals surface area contributed by atoms with Crippen LogP contribution < -0.4 is 5.32 Å². The summed E-state index contributed by atoms with van der Waals surface area (Å²) < 4.78 is 1.14. The number of carbonyl (C=O) groups is 1. The van der Waals surface area contributed by atoms with Gasteiger partial charge in [0.25, 0.3) is 5.91 Å². The van der Waals surface area contributed by atoms with Gasteiger partial charge in [-0.15, -0.1) is 11.3 Å². The Bertz CT molecular complexity index is 966. The number of hydrogen-bond acceptors (Lipinski definition) is 4. The first kappa shape index (κ1) is 22.0. The van der Waals surface area contributed by atoms with E-state index in [0.717, 1.165) is 46.8 Å². The second kappa shape index (κ2) is 10.9. The van der Waals surface area contributed by atoms with Crippen LogP contribution >= 0.6 is 11.3 Å². The van der Waals surface area contributed by atoms with E-state index in [1.54, 1.807) is 11.3 Å². The molecule has 1 amide bonds. The van der Waals surface area contributed by atoms with Gasteiger partial charge in [0.2, 0.25) is 0 Å². The summed E-state index contributed by atoms with van der Waals surface area (Å²) in [5.74, 6) is -0.0316. The van der Waals surface area contributed by atoms with Gasteiger partial charge in [-0.2, -0.15) is 0 Å². The van der Waals surface area contributed by atoms with Gasteiger partial charge in [-0.05, 0) is 67.7 Å². The predicted molar refractivity (Wildman–Crippen MR) is 132 cm³/mol. The molecule has 0 saturated carbocycles. The summed E-state index contributed by atoms with van der Waals surface area (Å²) in [7, 11) is 0. The monoisotopic (exact) mass is 435 g/mol. The second-order valence-electron chi connectivity index (χ2n) is 8.48. The maximum absolute atomic E-state index is 12.8. The first-order chi connectivity index (χ1) is 15.2. The molecule has 0 spiro atoms. The van der Waals surface area contributed by atoms with Crippen molar-refractivity contribution in [1.82, 2.24) is 9.80 Å². The van der Waals surface area contributed by atoms with Crippen LogP contribution in [-0.4, -0.2) is 48.4 Å². The Kier molecular flexibility index (Phi) is 7.73. The topological polar surface area (TPSA) is 35.6 Å². The minimum Gasteiger partial charge on any atom is -0.321 e. The molecule has 1 N–H and O–H groups in total. The number of anilines is 1. The summed E-state index contributed by atoms with van der Waals surface area (Å²) in [4.78, 5) is 18.7. The van der Waals surface area contributed by atoms with Gasteiger partial charge < -0.3 is 10.2 Å². The van der Waals surface area contributed by atoms with Crippen LogP contribution in [-0.2, 0) is 6.54 Å². The predicted octanol–water partition coefficient (Wildman–Crippen LogP) is 5.85. The van der Waals surface area contributed by atoms with Crippen molar-refractivity contribution in [2.45, 2.75) is 39.2 Å². The molecule has 2 heterocycles. The fourth-order valence-corrected chi connectivity index (χ4v) is 5.24. The van der Waals surface area contributed by atoms with E-state index in [-0.39, 0.29) is 5.91 Å². The lowest BCUT2D eigenvalue weighted by atomic mass is 10.1. The summed E-state index contributed by atoms with van der Waals surface area (Å²) in [6.07, 6.45) is 5.17. The fourth-order valence-electron chi connectivity index (χ4n) is 4.28. The minimum absolute atomic E-state index is 0.0316. The molecule has 5 heteroatoms. The highest BCUT2D eigenvalue weighted by Crippen LogP contribution is 2.26. The lowest BCUT2D eigenvalue weighted by Crippen LogP contribution is -2.31. The molecule has 164 valence electrons. The van der Waals surface area contributed by atoms with Gasteiger partial charge in [0, 0.05) is 30.0 Å². The Morgan fingerprint density at radius 3 is 2.68 bits per heavy atom. The van der Waals surface area contributed by atoms with Crippen LogP contribution in [0.2, 0.25) is 0 Å². The smallest absolute Gasteiger partial charge is 0.265 e. The number of nitrogens with zero attached hydrogens (tertiary/aromatic N) is 2. The van der Waals surface area contributed by atoms with E-state index in [9.17, 15) is 4.79 Å². The number of rotatable bonds is 8. The highest BCUT2D eigenvalue weighted by molar-refractivity contribution is 7.20. The molecule has 0 unspecified atom stereocenters. The van der Waals surface area contributed by atoms with Crippen LogP contribution in [0.15, 0.2) is 54.6 Å². The number of carbonyl (C=O) groups excluding carboxylic acids is 1. The third kappa shape index (κ3) is 6.16. The summed E-state index contributed by atoms with van der Waals surface area (Å²) >= 11 is 1.54. The second-order valence-corrected chi connectivity index (χ2v) is 9.57. The summed E-state index contributed by atoms with van der Waals surface area (Å²) in [5, 5.41) is 4.21. The zero-order chi connectivity index (χ0) is 21.5. The third-order valence-electron chi connectivity index (χ3n) is 6.00. The van der Waals surface area contributed by atoms with E-state index in [4.69, 9.17) is 0 Å². The van der Waals surface area contributed by atoms with Crippen LogP contribution in [0.3, 0.4) is 0 Å². The van der Waals surface area contributed by atoms with Crippen molar-refractivity contribution in [2.24, 2.45) is 0 Å². The van der Waals surface area contributed by atoms with Gasteiger partial charge in [-0.3, -0.25) is 9.69 Å². The van der Waals surface area contributed by atoms with Crippen molar-refractivity contribution >= 4 is 33.0 Å². The van der Waals surface area contributed by atoms with Crippen LogP contribution in [0.5, 0.6) is 0 Å². The Morgan fingerprint density at radius 1 is 0.968 bits per heavy atom. The standard InChI is InChI=1S/C26H33N3OS/c1-2-3-6-13-28-14-8-15-29(17-16-28)20-21-9-7-11-23(18-21)27-26(30)25-19-22-10-4-5-12-24(22)31-25/h4-5,7,9-12,18-19H,2-3,6,8,13-17,20H2,1H3,(H,27,30).